The van der Waals surface area contributed by atoms with Gasteiger partial charge in [-0.05, 0) is 45.7 Å². The van der Waals surface area contributed by atoms with Crippen LogP contribution in [0, 0.1) is 0 Å². The van der Waals surface area contributed by atoms with Gasteiger partial charge in [0, 0.05) is 17.5 Å². The quantitative estimate of drug-likeness (QED) is 0.858. The summed E-state index contributed by atoms with van der Waals surface area (Å²) in [5, 5.41) is 0. The van der Waals surface area contributed by atoms with E-state index in [4.69, 9.17) is 10.7 Å². The number of benzene rings is 1. The highest BCUT2D eigenvalue weighted by Crippen LogP contribution is 2.36. The van der Waals surface area contributed by atoms with Gasteiger partial charge in [0.2, 0.25) is 0 Å². The Balaban J connectivity index is 2.19. The zero-order valence-corrected chi connectivity index (χ0v) is 12.8. The van der Waals surface area contributed by atoms with Crippen LogP contribution < -0.4 is 5.73 Å². The van der Waals surface area contributed by atoms with Crippen molar-refractivity contribution in [1.29, 1.82) is 0 Å². The van der Waals surface area contributed by atoms with Crippen molar-refractivity contribution in [2.45, 2.75) is 64.0 Å². The van der Waals surface area contributed by atoms with E-state index in [9.17, 15) is 0 Å². The molecule has 3 rings (SSSR count). The molecule has 2 N–H and O–H groups in total. The molecule has 20 heavy (non-hydrogen) atoms. The van der Waals surface area contributed by atoms with Crippen molar-refractivity contribution in [3.8, 4) is 0 Å². The van der Waals surface area contributed by atoms with Crippen LogP contribution in [0.3, 0.4) is 0 Å². The summed E-state index contributed by atoms with van der Waals surface area (Å²) in [6.07, 6.45) is 4.82. The molecule has 1 aliphatic carbocycles. The molecule has 1 aromatic carbocycles. The highest BCUT2D eigenvalue weighted by Gasteiger charge is 2.31. The summed E-state index contributed by atoms with van der Waals surface area (Å²) >= 11 is 0. The normalized spacial score (nSPS) is 24.2. The van der Waals surface area contributed by atoms with Gasteiger partial charge in [-0.15, -0.1) is 0 Å². The second kappa shape index (κ2) is 4.88. The fourth-order valence-corrected chi connectivity index (χ4v) is 3.48. The first kappa shape index (κ1) is 13.6. The highest BCUT2D eigenvalue weighted by molar-refractivity contribution is 5.76. The fourth-order valence-electron chi connectivity index (χ4n) is 3.48. The number of rotatable bonds is 1. The molecule has 1 fully saturated rings. The number of fused-ring (bicyclic) bond motifs is 1. The maximum absolute atomic E-state index is 6.39. The smallest absolute Gasteiger partial charge is 0.115 e. The average molecular weight is 271 g/mol. The highest BCUT2D eigenvalue weighted by atomic mass is 15.1. The lowest BCUT2D eigenvalue weighted by Gasteiger charge is -2.32. The molecule has 1 saturated carbocycles. The predicted octanol–water partition coefficient (Wildman–Crippen LogP) is 3.78. The van der Waals surface area contributed by atoms with Gasteiger partial charge in [-0.3, -0.25) is 0 Å². The van der Waals surface area contributed by atoms with Crippen molar-refractivity contribution in [2.24, 2.45) is 5.73 Å². The molecule has 0 bridgehead atoms. The van der Waals surface area contributed by atoms with Crippen LogP contribution in [0.25, 0.3) is 11.0 Å². The maximum Gasteiger partial charge on any atom is 0.115 e. The minimum atomic E-state index is 0.0304. The second-order valence-electron chi connectivity index (χ2n) is 7.02. The number of nitrogens with zero attached hydrogens (tertiary/aromatic N) is 2. The monoisotopic (exact) mass is 271 g/mol. The number of hydrogen-bond donors (Lipinski definition) is 1. The van der Waals surface area contributed by atoms with E-state index in [1.54, 1.807) is 0 Å². The van der Waals surface area contributed by atoms with Gasteiger partial charge in [-0.2, -0.15) is 0 Å². The lowest BCUT2D eigenvalue weighted by Crippen LogP contribution is -2.35. The number of para-hydroxylation sites is 2. The molecule has 0 spiro atoms. The van der Waals surface area contributed by atoms with Gasteiger partial charge in [0.05, 0.1) is 11.0 Å². The molecule has 2 unspecified atom stereocenters. The van der Waals surface area contributed by atoms with Crippen LogP contribution in [0.4, 0.5) is 0 Å². The molecule has 2 atom stereocenters. The summed E-state index contributed by atoms with van der Waals surface area (Å²) < 4.78 is 2.40. The summed E-state index contributed by atoms with van der Waals surface area (Å²) in [6.45, 7) is 6.75. The van der Waals surface area contributed by atoms with Crippen molar-refractivity contribution in [2.75, 3.05) is 0 Å². The van der Waals surface area contributed by atoms with E-state index in [1.807, 2.05) is 0 Å². The van der Waals surface area contributed by atoms with E-state index in [1.165, 1.54) is 30.6 Å². The maximum atomic E-state index is 6.39. The number of imidazole rings is 1. The third kappa shape index (κ3) is 2.24. The van der Waals surface area contributed by atoms with Gasteiger partial charge >= 0.3 is 0 Å². The van der Waals surface area contributed by atoms with E-state index < -0.39 is 0 Å². The molecular weight excluding hydrogens is 246 g/mol. The first-order valence-electron chi connectivity index (χ1n) is 7.72. The van der Waals surface area contributed by atoms with Crippen LogP contribution >= 0.6 is 0 Å². The van der Waals surface area contributed by atoms with E-state index in [-0.39, 0.29) is 11.6 Å². The summed E-state index contributed by atoms with van der Waals surface area (Å²) in [5.74, 6) is 1.58. The predicted molar refractivity (Wildman–Crippen MR) is 83.9 cm³/mol. The third-order valence-corrected chi connectivity index (χ3v) is 4.41. The molecule has 0 aliphatic heterocycles. The molecule has 1 heterocycles. The van der Waals surface area contributed by atoms with Crippen molar-refractivity contribution < 1.29 is 0 Å². The summed E-state index contributed by atoms with van der Waals surface area (Å²) in [7, 11) is 0. The molecule has 3 heteroatoms. The molecule has 1 aliphatic rings. The Hall–Kier alpha value is -1.35. The van der Waals surface area contributed by atoms with Gasteiger partial charge in [0.25, 0.3) is 0 Å². The summed E-state index contributed by atoms with van der Waals surface area (Å²) in [4.78, 5) is 4.94. The Kier molecular flexibility index (Phi) is 3.33. The Morgan fingerprint density at radius 2 is 1.85 bits per heavy atom. The topological polar surface area (TPSA) is 43.8 Å². The van der Waals surface area contributed by atoms with Crippen LogP contribution in [0.5, 0.6) is 0 Å². The van der Waals surface area contributed by atoms with E-state index in [0.717, 1.165) is 11.9 Å². The molecule has 2 aromatic rings. The van der Waals surface area contributed by atoms with Crippen LogP contribution in [0.15, 0.2) is 24.3 Å². The summed E-state index contributed by atoms with van der Waals surface area (Å²) in [6, 6.07) is 8.69. The Bertz CT molecular complexity index is 606. The molecular formula is C17H25N3. The van der Waals surface area contributed by atoms with Crippen LogP contribution in [0.2, 0.25) is 0 Å². The third-order valence-electron chi connectivity index (χ3n) is 4.41. The minimum absolute atomic E-state index is 0.0304. The molecule has 0 saturated heterocycles. The first-order valence-corrected chi connectivity index (χ1v) is 7.72. The Morgan fingerprint density at radius 1 is 1.15 bits per heavy atom. The van der Waals surface area contributed by atoms with Crippen molar-refractivity contribution >= 4 is 11.0 Å². The van der Waals surface area contributed by atoms with E-state index in [0.29, 0.717) is 5.92 Å². The second-order valence-corrected chi connectivity index (χ2v) is 7.02. The lowest BCUT2D eigenvalue weighted by molar-refractivity contribution is 0.328. The molecule has 0 amide bonds. The number of hydrogen-bond acceptors (Lipinski definition) is 2. The van der Waals surface area contributed by atoms with Gasteiger partial charge in [0.15, 0.2) is 0 Å². The molecule has 0 radical (unpaired) electrons. The minimum Gasteiger partial charge on any atom is -0.327 e. The Morgan fingerprint density at radius 3 is 2.55 bits per heavy atom. The van der Waals surface area contributed by atoms with Crippen LogP contribution in [-0.2, 0) is 5.54 Å². The van der Waals surface area contributed by atoms with Crippen LogP contribution in [-0.4, -0.2) is 15.6 Å². The fraction of sp³-hybridized carbons (Fsp3) is 0.588. The summed E-state index contributed by atoms with van der Waals surface area (Å²) in [5.41, 5.74) is 8.74. The lowest BCUT2D eigenvalue weighted by atomic mass is 9.84. The first-order chi connectivity index (χ1) is 9.48. The van der Waals surface area contributed by atoms with Gasteiger partial charge in [-0.1, -0.05) is 25.0 Å². The van der Waals surface area contributed by atoms with Crippen molar-refractivity contribution in [1.82, 2.24) is 9.55 Å². The van der Waals surface area contributed by atoms with Crippen LogP contribution in [0.1, 0.15) is 58.2 Å². The standard InChI is InChI=1S/C17H25N3/c1-17(2,3)20-15-11-7-6-10-14(15)19-16(20)12-8-4-5-9-13(12)18/h6-7,10-13H,4-5,8-9,18H2,1-3H3. The van der Waals surface area contributed by atoms with Gasteiger partial charge in [-0.25, -0.2) is 4.98 Å². The number of nitrogens with two attached hydrogens (primary N) is 1. The molecule has 3 nitrogen and oxygen atoms in total. The van der Waals surface area contributed by atoms with E-state index in [2.05, 4.69) is 49.6 Å². The average Bonchev–Trinajstić information content (AvgIpc) is 2.78. The van der Waals surface area contributed by atoms with Crippen molar-refractivity contribution in [3.63, 3.8) is 0 Å². The number of aromatic nitrogens is 2. The molecule has 108 valence electrons. The van der Waals surface area contributed by atoms with E-state index >= 15 is 0 Å². The van der Waals surface area contributed by atoms with Gasteiger partial charge < -0.3 is 10.3 Å². The van der Waals surface area contributed by atoms with Crippen molar-refractivity contribution in [3.05, 3.63) is 30.1 Å². The van der Waals surface area contributed by atoms with Gasteiger partial charge in [0.1, 0.15) is 5.82 Å². The zero-order chi connectivity index (χ0) is 14.3. The molecule has 1 aromatic heterocycles. The largest absolute Gasteiger partial charge is 0.327 e. The SMILES string of the molecule is CC(C)(C)n1c(C2CCCCC2N)nc2ccccc21. The zero-order valence-electron chi connectivity index (χ0n) is 12.8. The Labute approximate surface area is 121 Å².